The number of aryl methyl sites for hydroxylation is 1. The molecule has 0 aliphatic carbocycles. The fourth-order valence-electron chi connectivity index (χ4n) is 2.23. The maximum atomic E-state index is 12.2. The van der Waals surface area contributed by atoms with Crippen LogP contribution >= 0.6 is 0 Å². The molecule has 1 heterocycles. The summed E-state index contributed by atoms with van der Waals surface area (Å²) in [5, 5.41) is 27.9. The summed E-state index contributed by atoms with van der Waals surface area (Å²) in [4.78, 5) is 22.9. The Morgan fingerprint density at radius 3 is 2.69 bits per heavy atom. The van der Waals surface area contributed by atoms with Crippen LogP contribution in [0.3, 0.4) is 0 Å². The summed E-state index contributed by atoms with van der Waals surface area (Å²) in [7, 11) is 0. The Balaban J connectivity index is 2.05. The zero-order chi connectivity index (χ0) is 18.9. The van der Waals surface area contributed by atoms with Gasteiger partial charge in [0.1, 0.15) is 23.9 Å². The van der Waals surface area contributed by atoms with Crippen molar-refractivity contribution in [1.82, 2.24) is 15.0 Å². The first-order valence-electron chi connectivity index (χ1n) is 8.16. The Labute approximate surface area is 150 Å². The van der Waals surface area contributed by atoms with Gasteiger partial charge in [-0.2, -0.15) is 5.26 Å². The van der Waals surface area contributed by atoms with E-state index in [0.717, 1.165) is 23.9 Å². The molecule has 1 aromatic heterocycles. The van der Waals surface area contributed by atoms with Crippen LogP contribution in [0.1, 0.15) is 31.0 Å². The van der Waals surface area contributed by atoms with E-state index in [1.165, 1.54) is 17.8 Å². The Morgan fingerprint density at radius 1 is 1.35 bits per heavy atom. The number of anilines is 1. The number of hydrogen-bond donors (Lipinski definition) is 2. The van der Waals surface area contributed by atoms with Gasteiger partial charge in [-0.25, -0.2) is 4.68 Å². The lowest BCUT2D eigenvalue weighted by Crippen LogP contribution is -2.13. The van der Waals surface area contributed by atoms with Crippen LogP contribution in [0.4, 0.5) is 5.69 Å². The predicted molar refractivity (Wildman–Crippen MR) is 94.9 cm³/mol. The minimum atomic E-state index is -1.06. The second-order valence-electron chi connectivity index (χ2n) is 5.66. The van der Waals surface area contributed by atoms with Crippen LogP contribution in [0, 0.1) is 11.3 Å². The quantitative estimate of drug-likeness (QED) is 0.554. The Kier molecular flexibility index (Phi) is 6.62. The number of aromatic nitrogens is 3. The molecule has 0 aliphatic rings. The van der Waals surface area contributed by atoms with Gasteiger partial charge in [0.2, 0.25) is 0 Å². The van der Waals surface area contributed by atoms with Crippen molar-refractivity contribution in [3.63, 3.8) is 0 Å². The number of nitriles is 1. The minimum Gasteiger partial charge on any atom is -0.480 e. The van der Waals surface area contributed by atoms with Crippen molar-refractivity contribution in [3.8, 4) is 6.07 Å². The van der Waals surface area contributed by atoms with Gasteiger partial charge in [0.25, 0.3) is 5.91 Å². The summed E-state index contributed by atoms with van der Waals surface area (Å²) in [5.74, 6) is -1.63. The van der Waals surface area contributed by atoms with Crippen LogP contribution in [0.5, 0.6) is 0 Å². The third kappa shape index (κ3) is 5.56. The van der Waals surface area contributed by atoms with E-state index < -0.39 is 11.9 Å². The average molecular weight is 353 g/mol. The summed E-state index contributed by atoms with van der Waals surface area (Å²) in [6, 6.07) is 9.29. The van der Waals surface area contributed by atoms with Crippen molar-refractivity contribution in [2.45, 2.75) is 32.7 Å². The molecule has 0 aliphatic heterocycles. The predicted octanol–water partition coefficient (Wildman–Crippen LogP) is 2.25. The van der Waals surface area contributed by atoms with Gasteiger partial charge >= 0.3 is 5.97 Å². The summed E-state index contributed by atoms with van der Waals surface area (Å²) in [6.45, 7) is 1.78. The number of unbranched alkanes of at least 4 members (excludes halogenated alkanes) is 1. The SMILES string of the molecule is CCCCc1ccc(NC(=O)/C(C#N)=C/c2cn(CC(=O)O)nn2)cc1. The first kappa shape index (κ1) is 18.9. The molecule has 8 heteroatoms. The highest BCUT2D eigenvalue weighted by Gasteiger charge is 2.11. The maximum absolute atomic E-state index is 12.2. The molecule has 2 aromatic rings. The van der Waals surface area contributed by atoms with Gasteiger partial charge in [0.15, 0.2) is 0 Å². The lowest BCUT2D eigenvalue weighted by molar-refractivity contribution is -0.137. The van der Waals surface area contributed by atoms with E-state index in [1.54, 1.807) is 12.1 Å². The van der Waals surface area contributed by atoms with Gasteiger partial charge < -0.3 is 10.4 Å². The molecule has 2 rings (SSSR count). The van der Waals surface area contributed by atoms with Gasteiger partial charge in [-0.15, -0.1) is 5.10 Å². The lowest BCUT2D eigenvalue weighted by Gasteiger charge is -2.05. The number of hydrogen-bond acceptors (Lipinski definition) is 5. The summed E-state index contributed by atoms with van der Waals surface area (Å²) < 4.78 is 1.11. The van der Waals surface area contributed by atoms with Crippen molar-refractivity contribution in [2.24, 2.45) is 0 Å². The van der Waals surface area contributed by atoms with Crippen molar-refractivity contribution in [2.75, 3.05) is 5.32 Å². The van der Waals surface area contributed by atoms with Gasteiger partial charge in [-0.1, -0.05) is 30.7 Å². The maximum Gasteiger partial charge on any atom is 0.325 e. The normalized spacial score (nSPS) is 11.0. The first-order valence-corrected chi connectivity index (χ1v) is 8.16. The molecule has 26 heavy (non-hydrogen) atoms. The molecule has 0 spiro atoms. The molecule has 0 fully saturated rings. The number of carboxylic acids is 1. The molecule has 134 valence electrons. The molecule has 1 amide bonds. The van der Waals surface area contributed by atoms with E-state index in [2.05, 4.69) is 22.6 Å². The van der Waals surface area contributed by atoms with E-state index in [4.69, 9.17) is 5.11 Å². The number of amides is 1. The topological polar surface area (TPSA) is 121 Å². The Morgan fingerprint density at radius 2 is 2.08 bits per heavy atom. The highest BCUT2D eigenvalue weighted by atomic mass is 16.4. The number of benzene rings is 1. The van der Waals surface area contributed by atoms with Gasteiger partial charge in [0, 0.05) is 5.69 Å². The van der Waals surface area contributed by atoms with Crippen molar-refractivity contribution in [3.05, 3.63) is 47.3 Å². The fraction of sp³-hybridized carbons (Fsp3) is 0.278. The first-order chi connectivity index (χ1) is 12.5. The van der Waals surface area contributed by atoms with Crippen molar-refractivity contribution < 1.29 is 14.7 Å². The molecule has 0 saturated heterocycles. The number of aliphatic carboxylic acids is 1. The van der Waals surface area contributed by atoms with Crippen LogP contribution in [-0.4, -0.2) is 32.0 Å². The molecule has 0 unspecified atom stereocenters. The van der Waals surface area contributed by atoms with E-state index in [0.29, 0.717) is 5.69 Å². The summed E-state index contributed by atoms with van der Waals surface area (Å²) in [6.07, 6.45) is 5.82. The molecule has 0 radical (unpaired) electrons. The fourth-order valence-corrected chi connectivity index (χ4v) is 2.23. The van der Waals surface area contributed by atoms with E-state index >= 15 is 0 Å². The molecule has 2 N–H and O–H groups in total. The number of rotatable bonds is 8. The van der Waals surface area contributed by atoms with Crippen LogP contribution in [0.15, 0.2) is 36.0 Å². The third-order valence-electron chi connectivity index (χ3n) is 3.54. The molecular weight excluding hydrogens is 334 g/mol. The zero-order valence-electron chi connectivity index (χ0n) is 14.3. The minimum absolute atomic E-state index is 0.151. The van der Waals surface area contributed by atoms with Crippen LogP contribution in [0.25, 0.3) is 6.08 Å². The Bertz CT molecular complexity index is 846. The summed E-state index contributed by atoms with van der Waals surface area (Å²) in [5.41, 5.74) is 1.86. The van der Waals surface area contributed by atoms with Crippen LogP contribution < -0.4 is 5.32 Å². The largest absolute Gasteiger partial charge is 0.480 e. The highest BCUT2D eigenvalue weighted by Crippen LogP contribution is 2.13. The number of nitrogens with zero attached hydrogens (tertiary/aromatic N) is 4. The van der Waals surface area contributed by atoms with Crippen molar-refractivity contribution >= 4 is 23.6 Å². The number of carbonyl (C=O) groups excluding carboxylic acids is 1. The number of carboxylic acid groups (broad SMARTS) is 1. The van der Waals surface area contributed by atoms with Crippen LogP contribution in [0.2, 0.25) is 0 Å². The number of carbonyl (C=O) groups is 2. The molecule has 0 bridgehead atoms. The van der Waals surface area contributed by atoms with E-state index in [-0.39, 0.29) is 17.8 Å². The van der Waals surface area contributed by atoms with E-state index in [1.807, 2.05) is 18.2 Å². The second-order valence-corrected chi connectivity index (χ2v) is 5.66. The van der Waals surface area contributed by atoms with E-state index in [9.17, 15) is 14.9 Å². The Hall–Kier alpha value is -3.47. The number of nitrogens with one attached hydrogen (secondary N) is 1. The molecule has 0 saturated carbocycles. The zero-order valence-corrected chi connectivity index (χ0v) is 14.3. The smallest absolute Gasteiger partial charge is 0.325 e. The van der Waals surface area contributed by atoms with Gasteiger partial charge in [-0.05, 0) is 36.6 Å². The highest BCUT2D eigenvalue weighted by molar-refractivity contribution is 6.09. The average Bonchev–Trinajstić information content (AvgIpc) is 3.05. The van der Waals surface area contributed by atoms with Crippen molar-refractivity contribution in [1.29, 1.82) is 5.26 Å². The van der Waals surface area contributed by atoms with Gasteiger partial charge in [0.05, 0.1) is 6.20 Å². The second kappa shape index (κ2) is 9.13. The molecule has 8 nitrogen and oxygen atoms in total. The summed E-state index contributed by atoms with van der Waals surface area (Å²) >= 11 is 0. The molecule has 1 aromatic carbocycles. The third-order valence-corrected chi connectivity index (χ3v) is 3.54. The molecular formula is C18H19N5O3. The monoisotopic (exact) mass is 353 g/mol. The van der Waals surface area contributed by atoms with Gasteiger partial charge in [-0.3, -0.25) is 9.59 Å². The molecule has 0 atom stereocenters. The lowest BCUT2D eigenvalue weighted by atomic mass is 10.1. The standard InChI is InChI=1S/C18H19N5O3/c1-2-3-4-13-5-7-15(8-6-13)20-18(26)14(10-19)9-16-11-23(22-21-16)12-17(24)25/h5-9,11H,2-4,12H2,1H3,(H,20,26)(H,24,25)/b14-9+. The van der Waals surface area contributed by atoms with Crippen LogP contribution in [-0.2, 0) is 22.6 Å².